The number of amides is 1. The van der Waals surface area contributed by atoms with Gasteiger partial charge in [-0.2, -0.15) is 0 Å². The summed E-state index contributed by atoms with van der Waals surface area (Å²) < 4.78 is 0. The molecule has 0 fully saturated rings. The number of nitrogen functional groups attached to an aromatic ring is 3. The standard InChI is InChI=1S/C10H11N7OS/c11-4-1-5(8(14)18)9(15-3-4)19-10-16-6(12)2-7(13)17-10/h1-3H,11H2,(H2,14,18)(H4,12,13,16,17). The summed E-state index contributed by atoms with van der Waals surface area (Å²) in [6.45, 7) is 0. The zero-order valence-electron chi connectivity index (χ0n) is 9.70. The van der Waals surface area contributed by atoms with E-state index >= 15 is 0 Å². The Hall–Kier alpha value is -2.55. The van der Waals surface area contributed by atoms with E-state index in [2.05, 4.69) is 15.0 Å². The van der Waals surface area contributed by atoms with E-state index in [0.29, 0.717) is 10.7 Å². The van der Waals surface area contributed by atoms with Crippen molar-refractivity contribution in [1.29, 1.82) is 0 Å². The Bertz CT molecular complexity index is 626. The second-order valence-corrected chi connectivity index (χ2v) is 4.54. The minimum atomic E-state index is -0.640. The van der Waals surface area contributed by atoms with E-state index in [1.54, 1.807) is 0 Å². The average Bonchev–Trinajstić information content (AvgIpc) is 2.30. The van der Waals surface area contributed by atoms with Crippen LogP contribution in [0.2, 0.25) is 0 Å². The van der Waals surface area contributed by atoms with Gasteiger partial charge in [-0.1, -0.05) is 0 Å². The predicted molar refractivity (Wildman–Crippen MR) is 72.1 cm³/mol. The number of carbonyl (C=O) groups is 1. The molecule has 2 aromatic heterocycles. The maximum atomic E-state index is 11.3. The maximum Gasteiger partial charge on any atom is 0.251 e. The number of rotatable bonds is 3. The first-order valence-electron chi connectivity index (χ1n) is 5.09. The summed E-state index contributed by atoms with van der Waals surface area (Å²) in [5.41, 5.74) is 22.5. The van der Waals surface area contributed by atoms with Gasteiger partial charge >= 0.3 is 0 Å². The molecule has 1 amide bonds. The predicted octanol–water partition coefficient (Wildman–Crippen LogP) is -0.132. The molecular weight excluding hydrogens is 266 g/mol. The first-order chi connectivity index (χ1) is 8.95. The fraction of sp³-hybridized carbons (Fsp3) is 0. The lowest BCUT2D eigenvalue weighted by Gasteiger charge is -2.06. The van der Waals surface area contributed by atoms with E-state index < -0.39 is 5.91 Å². The van der Waals surface area contributed by atoms with E-state index in [1.807, 2.05) is 0 Å². The Labute approximate surface area is 112 Å². The van der Waals surface area contributed by atoms with Gasteiger partial charge < -0.3 is 22.9 Å². The van der Waals surface area contributed by atoms with Crippen molar-refractivity contribution in [2.45, 2.75) is 10.2 Å². The zero-order valence-corrected chi connectivity index (χ0v) is 10.5. The van der Waals surface area contributed by atoms with Gasteiger partial charge in [0.05, 0.1) is 17.4 Å². The summed E-state index contributed by atoms with van der Waals surface area (Å²) in [5, 5.41) is 0.615. The van der Waals surface area contributed by atoms with E-state index in [0.717, 1.165) is 11.8 Å². The van der Waals surface area contributed by atoms with Crippen molar-refractivity contribution >= 4 is 35.0 Å². The molecule has 19 heavy (non-hydrogen) atoms. The van der Waals surface area contributed by atoms with Crippen LogP contribution in [-0.4, -0.2) is 20.9 Å². The molecule has 0 bridgehead atoms. The highest BCUT2D eigenvalue weighted by atomic mass is 32.2. The lowest BCUT2D eigenvalue weighted by atomic mass is 10.2. The smallest absolute Gasteiger partial charge is 0.251 e. The van der Waals surface area contributed by atoms with Crippen LogP contribution in [0.1, 0.15) is 10.4 Å². The molecule has 8 N–H and O–H groups in total. The summed E-state index contributed by atoms with van der Waals surface area (Å²) >= 11 is 1.03. The van der Waals surface area contributed by atoms with Gasteiger partial charge in [0, 0.05) is 6.07 Å². The Kier molecular flexibility index (Phi) is 3.38. The molecule has 9 heteroatoms. The summed E-state index contributed by atoms with van der Waals surface area (Å²) in [6, 6.07) is 2.86. The van der Waals surface area contributed by atoms with Crippen LogP contribution in [0.5, 0.6) is 0 Å². The van der Waals surface area contributed by atoms with Crippen LogP contribution in [0, 0.1) is 0 Å². The average molecular weight is 277 g/mol. The topological polar surface area (TPSA) is 160 Å². The highest BCUT2D eigenvalue weighted by Gasteiger charge is 2.13. The fourth-order valence-electron chi connectivity index (χ4n) is 1.32. The number of hydrogen-bond acceptors (Lipinski definition) is 8. The maximum absolute atomic E-state index is 11.3. The molecule has 0 atom stereocenters. The van der Waals surface area contributed by atoms with Crippen LogP contribution in [0.15, 0.2) is 28.5 Å². The number of pyridine rings is 1. The fourth-order valence-corrected chi connectivity index (χ4v) is 2.17. The van der Waals surface area contributed by atoms with Crippen molar-refractivity contribution in [3.63, 3.8) is 0 Å². The minimum Gasteiger partial charge on any atom is -0.397 e. The largest absolute Gasteiger partial charge is 0.397 e. The third-order valence-electron chi connectivity index (χ3n) is 2.07. The minimum absolute atomic E-state index is 0.189. The van der Waals surface area contributed by atoms with Crippen LogP contribution in [0.4, 0.5) is 17.3 Å². The molecule has 0 aromatic carbocycles. The Morgan fingerprint density at radius 1 is 1.11 bits per heavy atom. The number of nitrogens with zero attached hydrogens (tertiary/aromatic N) is 3. The van der Waals surface area contributed by atoms with Crippen molar-refractivity contribution in [2.75, 3.05) is 17.2 Å². The van der Waals surface area contributed by atoms with E-state index in [4.69, 9.17) is 22.9 Å². The highest BCUT2D eigenvalue weighted by molar-refractivity contribution is 7.99. The molecule has 0 radical (unpaired) electrons. The molecule has 0 aliphatic carbocycles. The Balaban J connectivity index is 2.40. The van der Waals surface area contributed by atoms with Gasteiger partial charge in [-0.3, -0.25) is 4.79 Å². The van der Waals surface area contributed by atoms with Gasteiger partial charge in [0.2, 0.25) is 0 Å². The highest BCUT2D eigenvalue weighted by Crippen LogP contribution is 2.27. The molecular formula is C10H11N7OS. The number of hydrogen-bond donors (Lipinski definition) is 4. The molecule has 2 heterocycles. The molecule has 8 nitrogen and oxygen atoms in total. The van der Waals surface area contributed by atoms with Crippen LogP contribution >= 0.6 is 11.8 Å². The first kappa shape index (κ1) is 12.9. The second-order valence-electron chi connectivity index (χ2n) is 3.59. The molecule has 0 saturated carbocycles. The van der Waals surface area contributed by atoms with Crippen molar-refractivity contribution in [3.05, 3.63) is 23.9 Å². The molecule has 0 spiro atoms. The monoisotopic (exact) mass is 277 g/mol. The van der Waals surface area contributed by atoms with Crippen LogP contribution in [0.25, 0.3) is 0 Å². The normalized spacial score (nSPS) is 10.3. The van der Waals surface area contributed by atoms with Crippen molar-refractivity contribution in [2.24, 2.45) is 5.73 Å². The summed E-state index contributed by atoms with van der Waals surface area (Å²) in [5.74, 6) is -0.184. The molecule has 2 aromatic rings. The van der Waals surface area contributed by atoms with E-state index in [1.165, 1.54) is 18.3 Å². The first-order valence-corrected chi connectivity index (χ1v) is 5.90. The number of carbonyl (C=O) groups excluding carboxylic acids is 1. The van der Waals surface area contributed by atoms with Crippen LogP contribution in [-0.2, 0) is 0 Å². The Morgan fingerprint density at radius 2 is 1.74 bits per heavy atom. The van der Waals surface area contributed by atoms with E-state index in [9.17, 15) is 4.79 Å². The summed E-state index contributed by atoms with van der Waals surface area (Å²) in [7, 11) is 0. The van der Waals surface area contributed by atoms with Gasteiger partial charge in [-0.15, -0.1) is 0 Å². The number of aromatic nitrogens is 3. The zero-order chi connectivity index (χ0) is 14.0. The number of anilines is 3. The summed E-state index contributed by atoms with van der Waals surface area (Å²) in [4.78, 5) is 23.3. The van der Waals surface area contributed by atoms with Gasteiger partial charge in [0.25, 0.3) is 5.91 Å². The quantitative estimate of drug-likeness (QED) is 0.564. The van der Waals surface area contributed by atoms with Gasteiger partial charge in [0.1, 0.15) is 16.7 Å². The SMILES string of the molecule is NC(=O)c1cc(N)cnc1Sc1nc(N)cc(N)n1. The molecule has 0 aliphatic rings. The molecule has 2 rings (SSSR count). The second kappa shape index (κ2) is 4.98. The van der Waals surface area contributed by atoms with Crippen molar-refractivity contribution < 1.29 is 4.79 Å². The molecule has 0 unspecified atom stereocenters. The van der Waals surface area contributed by atoms with Gasteiger partial charge in [0.15, 0.2) is 5.16 Å². The van der Waals surface area contributed by atoms with Crippen molar-refractivity contribution in [1.82, 2.24) is 15.0 Å². The van der Waals surface area contributed by atoms with Gasteiger partial charge in [-0.25, -0.2) is 15.0 Å². The molecule has 0 aliphatic heterocycles. The summed E-state index contributed by atoms with van der Waals surface area (Å²) in [6.07, 6.45) is 1.41. The van der Waals surface area contributed by atoms with E-state index in [-0.39, 0.29) is 22.4 Å². The Morgan fingerprint density at radius 3 is 2.32 bits per heavy atom. The van der Waals surface area contributed by atoms with Gasteiger partial charge in [-0.05, 0) is 17.8 Å². The van der Waals surface area contributed by atoms with Crippen molar-refractivity contribution in [3.8, 4) is 0 Å². The number of primary amides is 1. The lowest BCUT2D eigenvalue weighted by Crippen LogP contribution is -2.13. The number of nitrogens with two attached hydrogens (primary N) is 4. The molecule has 0 saturated heterocycles. The molecule has 98 valence electrons. The third kappa shape index (κ3) is 3.01. The third-order valence-corrected chi connectivity index (χ3v) is 2.95. The van der Waals surface area contributed by atoms with Crippen LogP contribution in [0.3, 0.4) is 0 Å². The van der Waals surface area contributed by atoms with Crippen LogP contribution < -0.4 is 22.9 Å². The lowest BCUT2D eigenvalue weighted by molar-refractivity contribution is 0.0997.